The Kier molecular flexibility index (Phi) is 3.60. The lowest BCUT2D eigenvalue weighted by atomic mass is 9.89. The van der Waals surface area contributed by atoms with E-state index in [1.807, 2.05) is 30.3 Å². The van der Waals surface area contributed by atoms with E-state index in [0.29, 0.717) is 18.1 Å². The Balaban J connectivity index is 1.95. The summed E-state index contributed by atoms with van der Waals surface area (Å²) in [5.74, 6) is 2.04. The Morgan fingerprint density at radius 3 is 2.67 bits per heavy atom. The number of para-hydroxylation sites is 1. The first kappa shape index (κ1) is 13.6. The molecule has 0 aromatic heterocycles. The monoisotopic (exact) mass is 286 g/mol. The quantitative estimate of drug-likeness (QED) is 0.941. The number of phenolic OH excluding ortho intramolecular Hbond substituents is 1. The summed E-state index contributed by atoms with van der Waals surface area (Å²) in [6, 6.07) is 11.7. The highest BCUT2D eigenvalue weighted by molar-refractivity contribution is 5.56. The number of hydrogen-bond donors (Lipinski definition) is 1. The van der Waals surface area contributed by atoms with E-state index in [-0.39, 0.29) is 11.7 Å². The van der Waals surface area contributed by atoms with Crippen molar-refractivity contribution in [1.82, 2.24) is 0 Å². The average Bonchev–Trinajstić information content (AvgIpc) is 2.54. The van der Waals surface area contributed by atoms with Crippen LogP contribution >= 0.6 is 0 Å². The Hall–Kier alpha value is -2.36. The highest BCUT2D eigenvalue weighted by atomic mass is 16.5. The highest BCUT2D eigenvalue weighted by Crippen LogP contribution is 2.44. The van der Waals surface area contributed by atoms with Crippen molar-refractivity contribution in [3.63, 3.8) is 0 Å². The predicted molar refractivity (Wildman–Crippen MR) is 79.6 cm³/mol. The summed E-state index contributed by atoms with van der Waals surface area (Å²) in [5, 5.41) is 10.4. The van der Waals surface area contributed by atoms with E-state index in [2.05, 4.69) is 6.07 Å². The van der Waals surface area contributed by atoms with Crippen molar-refractivity contribution in [3.8, 4) is 23.0 Å². The van der Waals surface area contributed by atoms with Gasteiger partial charge in [0.05, 0.1) is 20.8 Å². The molecule has 0 unspecified atom stereocenters. The largest absolute Gasteiger partial charge is 0.504 e. The molecule has 0 saturated heterocycles. The van der Waals surface area contributed by atoms with Gasteiger partial charge >= 0.3 is 0 Å². The molecule has 0 radical (unpaired) electrons. The van der Waals surface area contributed by atoms with Gasteiger partial charge in [0.15, 0.2) is 11.5 Å². The first-order valence-electron chi connectivity index (χ1n) is 6.89. The van der Waals surface area contributed by atoms with E-state index in [0.717, 1.165) is 23.3 Å². The Morgan fingerprint density at radius 2 is 1.90 bits per heavy atom. The number of hydrogen-bond acceptors (Lipinski definition) is 4. The molecule has 1 N–H and O–H groups in total. The Bertz CT molecular complexity index is 651. The number of aromatic hydroxyl groups is 1. The smallest absolute Gasteiger partial charge is 0.203 e. The van der Waals surface area contributed by atoms with Crippen LogP contribution < -0.4 is 14.2 Å². The van der Waals surface area contributed by atoms with Gasteiger partial charge in [0.25, 0.3) is 0 Å². The molecule has 2 aromatic carbocycles. The first-order chi connectivity index (χ1) is 10.2. The summed E-state index contributed by atoms with van der Waals surface area (Å²) < 4.78 is 16.2. The molecule has 21 heavy (non-hydrogen) atoms. The van der Waals surface area contributed by atoms with Gasteiger partial charge in [-0.05, 0) is 24.1 Å². The lowest BCUT2D eigenvalue weighted by Crippen LogP contribution is -2.19. The number of methoxy groups -OCH3 is 2. The van der Waals surface area contributed by atoms with Crippen molar-refractivity contribution in [2.24, 2.45) is 0 Å². The lowest BCUT2D eigenvalue weighted by Gasteiger charge is -2.26. The minimum atomic E-state index is 0.0970. The van der Waals surface area contributed by atoms with Crippen LogP contribution in [0.25, 0.3) is 0 Å². The van der Waals surface area contributed by atoms with Gasteiger partial charge in [0.2, 0.25) is 5.75 Å². The maximum absolute atomic E-state index is 10.4. The van der Waals surface area contributed by atoms with Crippen LogP contribution in [0.4, 0.5) is 0 Å². The molecule has 4 nitrogen and oxygen atoms in total. The number of rotatable bonds is 3. The fourth-order valence-corrected chi connectivity index (χ4v) is 2.78. The van der Waals surface area contributed by atoms with E-state index < -0.39 is 0 Å². The highest BCUT2D eigenvalue weighted by Gasteiger charge is 2.26. The molecule has 110 valence electrons. The maximum Gasteiger partial charge on any atom is 0.203 e. The second-order valence-electron chi connectivity index (χ2n) is 5.06. The van der Waals surface area contributed by atoms with Crippen molar-refractivity contribution < 1.29 is 19.3 Å². The molecule has 1 heterocycles. The van der Waals surface area contributed by atoms with Gasteiger partial charge in [-0.3, -0.25) is 0 Å². The predicted octanol–water partition coefficient (Wildman–Crippen LogP) is 3.13. The Labute approximate surface area is 123 Å². The van der Waals surface area contributed by atoms with Crippen molar-refractivity contribution >= 4 is 0 Å². The fourth-order valence-electron chi connectivity index (χ4n) is 2.78. The van der Waals surface area contributed by atoms with Crippen molar-refractivity contribution in [1.29, 1.82) is 0 Å². The zero-order chi connectivity index (χ0) is 14.8. The molecule has 0 fully saturated rings. The van der Waals surface area contributed by atoms with Gasteiger partial charge in [-0.15, -0.1) is 0 Å². The summed E-state index contributed by atoms with van der Waals surface area (Å²) >= 11 is 0. The van der Waals surface area contributed by atoms with E-state index in [1.54, 1.807) is 7.11 Å². The molecule has 3 rings (SSSR count). The van der Waals surface area contributed by atoms with Crippen LogP contribution in [0.1, 0.15) is 17.0 Å². The molecule has 0 amide bonds. The van der Waals surface area contributed by atoms with Crippen LogP contribution in [0.2, 0.25) is 0 Å². The molecule has 1 atom stereocenters. The van der Waals surface area contributed by atoms with Gasteiger partial charge in [0, 0.05) is 11.5 Å². The van der Waals surface area contributed by atoms with Crippen molar-refractivity contribution in [3.05, 3.63) is 47.5 Å². The molecule has 4 heteroatoms. The van der Waals surface area contributed by atoms with Crippen molar-refractivity contribution in [2.45, 2.75) is 12.3 Å². The van der Waals surface area contributed by atoms with E-state index >= 15 is 0 Å². The van der Waals surface area contributed by atoms with Gasteiger partial charge in [-0.1, -0.05) is 24.3 Å². The molecular formula is C17H18O4. The van der Waals surface area contributed by atoms with Crippen LogP contribution in [0.15, 0.2) is 36.4 Å². The molecule has 0 aliphatic carbocycles. The van der Waals surface area contributed by atoms with Gasteiger partial charge in [-0.25, -0.2) is 0 Å². The maximum atomic E-state index is 10.4. The van der Waals surface area contributed by atoms with Gasteiger partial charge < -0.3 is 19.3 Å². The Morgan fingerprint density at radius 1 is 1.10 bits per heavy atom. The third-order valence-corrected chi connectivity index (χ3v) is 3.87. The lowest BCUT2D eigenvalue weighted by molar-refractivity contribution is 0.257. The molecule has 2 aromatic rings. The minimum Gasteiger partial charge on any atom is -0.504 e. The molecule has 1 aliphatic heterocycles. The third kappa shape index (κ3) is 2.37. The summed E-state index contributed by atoms with van der Waals surface area (Å²) in [4.78, 5) is 0. The van der Waals surface area contributed by atoms with Crippen LogP contribution in [0.5, 0.6) is 23.0 Å². The van der Waals surface area contributed by atoms with Crippen LogP contribution in [0.3, 0.4) is 0 Å². The number of ether oxygens (including phenoxy) is 3. The standard InChI is InChI=1S/C17H18O4/c1-19-15-8-7-13(16(18)17(15)20-2)12-9-11-5-3-4-6-14(11)21-10-12/h3-8,12,18H,9-10H2,1-2H3/t12-/m0/s1. The topological polar surface area (TPSA) is 47.9 Å². The fraction of sp³-hybridized carbons (Fsp3) is 0.294. The summed E-state index contributed by atoms with van der Waals surface area (Å²) in [6.07, 6.45) is 0.833. The van der Waals surface area contributed by atoms with E-state index in [4.69, 9.17) is 14.2 Å². The third-order valence-electron chi connectivity index (χ3n) is 3.87. The molecule has 0 saturated carbocycles. The summed E-state index contributed by atoms with van der Waals surface area (Å²) in [7, 11) is 3.07. The van der Waals surface area contributed by atoms with E-state index in [9.17, 15) is 5.11 Å². The van der Waals surface area contributed by atoms with Crippen LogP contribution in [-0.4, -0.2) is 25.9 Å². The normalized spacial score (nSPS) is 16.8. The molecule has 0 bridgehead atoms. The number of phenols is 1. The van der Waals surface area contributed by atoms with Crippen LogP contribution in [0, 0.1) is 0 Å². The summed E-state index contributed by atoms with van der Waals surface area (Å²) in [5.41, 5.74) is 1.98. The first-order valence-corrected chi connectivity index (χ1v) is 6.89. The summed E-state index contributed by atoms with van der Waals surface area (Å²) in [6.45, 7) is 0.542. The molecule has 0 spiro atoms. The minimum absolute atomic E-state index is 0.0970. The van der Waals surface area contributed by atoms with Crippen molar-refractivity contribution in [2.75, 3.05) is 20.8 Å². The second kappa shape index (κ2) is 5.56. The molecule has 1 aliphatic rings. The average molecular weight is 286 g/mol. The van der Waals surface area contributed by atoms with Gasteiger partial charge in [0.1, 0.15) is 5.75 Å². The number of benzene rings is 2. The van der Waals surface area contributed by atoms with E-state index in [1.165, 1.54) is 7.11 Å². The van der Waals surface area contributed by atoms with Gasteiger partial charge in [-0.2, -0.15) is 0 Å². The zero-order valence-electron chi connectivity index (χ0n) is 12.1. The zero-order valence-corrected chi connectivity index (χ0v) is 12.1. The van der Waals surface area contributed by atoms with Crippen LogP contribution in [-0.2, 0) is 6.42 Å². The SMILES string of the molecule is COc1ccc([C@@H]2COc3ccccc3C2)c(O)c1OC. The second-order valence-corrected chi connectivity index (χ2v) is 5.06. The molecular weight excluding hydrogens is 268 g/mol. The number of fused-ring (bicyclic) bond motifs is 1.